The highest BCUT2D eigenvalue weighted by Gasteiger charge is 2.12. The topological polar surface area (TPSA) is 26.0 Å². The molecule has 0 saturated heterocycles. The van der Waals surface area contributed by atoms with E-state index in [-0.39, 0.29) is 0 Å². The summed E-state index contributed by atoms with van der Waals surface area (Å²) in [5.41, 5.74) is 8.06. The number of rotatable bonds is 2. The molecule has 0 aliphatic carbocycles. The number of hydrogen-bond donors (Lipinski definition) is 1. The van der Waals surface area contributed by atoms with Gasteiger partial charge in [-0.1, -0.05) is 17.7 Å². The summed E-state index contributed by atoms with van der Waals surface area (Å²) in [7, 11) is 0. The van der Waals surface area contributed by atoms with Crippen molar-refractivity contribution in [2.24, 2.45) is 5.73 Å². The van der Waals surface area contributed by atoms with Gasteiger partial charge in [0.1, 0.15) is 11.6 Å². The van der Waals surface area contributed by atoms with Crippen molar-refractivity contribution in [3.8, 4) is 0 Å². The van der Waals surface area contributed by atoms with Gasteiger partial charge in [0.2, 0.25) is 0 Å². The van der Waals surface area contributed by atoms with E-state index in [1.54, 1.807) is 12.1 Å². The van der Waals surface area contributed by atoms with Crippen LogP contribution in [0.3, 0.4) is 0 Å². The van der Waals surface area contributed by atoms with Crippen LogP contribution in [0.5, 0.6) is 0 Å². The van der Waals surface area contributed by atoms with Crippen LogP contribution >= 0.6 is 11.6 Å². The maximum Gasteiger partial charge on any atom is 0.126 e. The van der Waals surface area contributed by atoms with Crippen LogP contribution in [-0.2, 0) is 0 Å². The summed E-state index contributed by atoms with van der Waals surface area (Å²) in [6.07, 6.45) is 0. The molecule has 0 saturated carbocycles. The number of aryl methyl sites for hydroxylation is 1. The summed E-state index contributed by atoms with van der Waals surface area (Å²) in [6.45, 7) is 1.88. The fourth-order valence-corrected chi connectivity index (χ4v) is 2.19. The molecule has 2 aromatic carbocycles. The molecular weight excluding hydrogens is 256 g/mol. The predicted molar refractivity (Wildman–Crippen MR) is 68.6 cm³/mol. The zero-order valence-electron chi connectivity index (χ0n) is 9.75. The number of nitrogens with two attached hydrogens (primary N) is 1. The highest BCUT2D eigenvalue weighted by atomic mass is 35.5. The van der Waals surface area contributed by atoms with Crippen LogP contribution in [0.15, 0.2) is 36.4 Å². The van der Waals surface area contributed by atoms with Crippen molar-refractivity contribution in [3.63, 3.8) is 0 Å². The number of hydrogen-bond acceptors (Lipinski definition) is 1. The molecule has 0 amide bonds. The van der Waals surface area contributed by atoms with Gasteiger partial charge in [-0.05, 0) is 47.9 Å². The fraction of sp³-hybridized carbons (Fsp3) is 0.143. The Morgan fingerprint density at radius 1 is 0.944 bits per heavy atom. The predicted octanol–water partition coefficient (Wildman–Crippen LogP) is 3.97. The first-order valence-electron chi connectivity index (χ1n) is 5.44. The van der Waals surface area contributed by atoms with Gasteiger partial charge in [0, 0.05) is 11.1 Å². The lowest BCUT2D eigenvalue weighted by atomic mass is 9.98. The lowest BCUT2D eigenvalue weighted by Gasteiger charge is -2.14. The van der Waals surface area contributed by atoms with Crippen LogP contribution < -0.4 is 5.73 Å². The first kappa shape index (κ1) is 13.0. The van der Waals surface area contributed by atoms with Gasteiger partial charge in [0.25, 0.3) is 0 Å². The van der Waals surface area contributed by atoms with E-state index in [1.165, 1.54) is 12.1 Å². The maximum atomic E-state index is 13.1. The van der Waals surface area contributed by atoms with Crippen molar-refractivity contribution in [1.82, 2.24) is 0 Å². The fourth-order valence-electron chi connectivity index (χ4n) is 1.89. The number of benzene rings is 2. The third kappa shape index (κ3) is 2.86. The molecule has 1 unspecified atom stereocenters. The summed E-state index contributed by atoms with van der Waals surface area (Å²) >= 11 is 5.94. The monoisotopic (exact) mass is 267 g/mol. The zero-order valence-corrected chi connectivity index (χ0v) is 10.5. The van der Waals surface area contributed by atoms with Gasteiger partial charge < -0.3 is 5.73 Å². The van der Waals surface area contributed by atoms with Gasteiger partial charge in [-0.25, -0.2) is 8.78 Å². The van der Waals surface area contributed by atoms with E-state index in [0.717, 1.165) is 17.2 Å². The standard InChI is InChI=1S/C14H12ClF2N/c1-8-2-9(4-11(15)3-8)14(18)10-5-12(16)7-13(17)6-10/h2-7,14H,18H2,1H3. The van der Waals surface area contributed by atoms with Crippen LogP contribution in [0.2, 0.25) is 5.02 Å². The van der Waals surface area contributed by atoms with Crippen LogP contribution in [0.4, 0.5) is 8.78 Å². The molecule has 0 heterocycles. The second kappa shape index (κ2) is 5.04. The minimum Gasteiger partial charge on any atom is -0.320 e. The van der Waals surface area contributed by atoms with E-state index in [1.807, 2.05) is 13.0 Å². The molecule has 2 rings (SSSR count). The van der Waals surface area contributed by atoms with Gasteiger partial charge in [0.05, 0.1) is 6.04 Å². The van der Waals surface area contributed by atoms with E-state index in [4.69, 9.17) is 17.3 Å². The highest BCUT2D eigenvalue weighted by molar-refractivity contribution is 6.30. The van der Waals surface area contributed by atoms with E-state index >= 15 is 0 Å². The van der Waals surface area contributed by atoms with Gasteiger partial charge >= 0.3 is 0 Å². The van der Waals surface area contributed by atoms with Gasteiger partial charge in [0.15, 0.2) is 0 Å². The van der Waals surface area contributed by atoms with Crippen molar-refractivity contribution in [2.75, 3.05) is 0 Å². The molecule has 0 fully saturated rings. The Kier molecular flexibility index (Phi) is 3.64. The quantitative estimate of drug-likeness (QED) is 0.875. The van der Waals surface area contributed by atoms with E-state index in [2.05, 4.69) is 0 Å². The number of halogens is 3. The molecule has 0 spiro atoms. The van der Waals surface area contributed by atoms with Gasteiger partial charge in [-0.15, -0.1) is 0 Å². The Morgan fingerprint density at radius 2 is 1.50 bits per heavy atom. The van der Waals surface area contributed by atoms with Crippen LogP contribution in [0.1, 0.15) is 22.7 Å². The summed E-state index contributed by atoms with van der Waals surface area (Å²) in [4.78, 5) is 0. The molecular formula is C14H12ClF2N. The minimum atomic E-state index is -0.640. The van der Waals surface area contributed by atoms with Crippen molar-refractivity contribution in [3.05, 3.63) is 69.7 Å². The Hall–Kier alpha value is -1.45. The van der Waals surface area contributed by atoms with E-state index in [0.29, 0.717) is 10.6 Å². The normalized spacial score (nSPS) is 12.5. The summed E-state index contributed by atoms with van der Waals surface area (Å²) in [5.74, 6) is -1.28. The molecule has 0 aliphatic heterocycles. The van der Waals surface area contributed by atoms with Gasteiger partial charge in [-0.3, -0.25) is 0 Å². The lowest BCUT2D eigenvalue weighted by molar-refractivity contribution is 0.577. The molecule has 0 aromatic heterocycles. The molecule has 18 heavy (non-hydrogen) atoms. The molecule has 2 aromatic rings. The maximum absolute atomic E-state index is 13.1. The Labute approximate surface area is 109 Å². The average molecular weight is 268 g/mol. The molecule has 4 heteroatoms. The van der Waals surface area contributed by atoms with E-state index < -0.39 is 17.7 Å². The third-order valence-corrected chi connectivity index (χ3v) is 2.89. The Balaban J connectivity index is 2.43. The summed E-state index contributed by atoms with van der Waals surface area (Å²) < 4.78 is 26.3. The van der Waals surface area contributed by atoms with Crippen molar-refractivity contribution in [2.45, 2.75) is 13.0 Å². The smallest absolute Gasteiger partial charge is 0.126 e. The summed E-state index contributed by atoms with van der Waals surface area (Å²) in [6, 6.07) is 8.01. The van der Waals surface area contributed by atoms with E-state index in [9.17, 15) is 8.78 Å². The lowest BCUT2D eigenvalue weighted by Crippen LogP contribution is -2.12. The van der Waals surface area contributed by atoms with Crippen molar-refractivity contribution >= 4 is 11.6 Å². The molecule has 94 valence electrons. The second-order valence-corrected chi connectivity index (χ2v) is 4.68. The van der Waals surface area contributed by atoms with Crippen molar-refractivity contribution in [1.29, 1.82) is 0 Å². The minimum absolute atomic E-state index is 0.383. The molecule has 2 N–H and O–H groups in total. The molecule has 0 radical (unpaired) electrons. The van der Waals surface area contributed by atoms with Crippen molar-refractivity contribution < 1.29 is 8.78 Å². The average Bonchev–Trinajstić information content (AvgIpc) is 2.25. The van der Waals surface area contributed by atoms with Gasteiger partial charge in [-0.2, -0.15) is 0 Å². The third-order valence-electron chi connectivity index (χ3n) is 2.67. The van der Waals surface area contributed by atoms with Crippen LogP contribution in [0, 0.1) is 18.6 Å². The largest absolute Gasteiger partial charge is 0.320 e. The highest BCUT2D eigenvalue weighted by Crippen LogP contribution is 2.25. The first-order chi connectivity index (χ1) is 8.45. The van der Waals surface area contributed by atoms with Crippen LogP contribution in [0.25, 0.3) is 0 Å². The molecule has 1 atom stereocenters. The van der Waals surface area contributed by atoms with Crippen LogP contribution in [-0.4, -0.2) is 0 Å². The Morgan fingerprint density at radius 3 is 2.06 bits per heavy atom. The second-order valence-electron chi connectivity index (χ2n) is 4.24. The SMILES string of the molecule is Cc1cc(Cl)cc(C(N)c2cc(F)cc(F)c2)c1. The zero-order chi connectivity index (χ0) is 13.3. The first-order valence-corrected chi connectivity index (χ1v) is 5.82. The molecule has 0 aliphatic rings. The molecule has 0 bridgehead atoms. The molecule has 1 nitrogen and oxygen atoms in total. The Bertz CT molecular complexity index is 492. The summed E-state index contributed by atoms with van der Waals surface area (Å²) in [5, 5.41) is 0.553.